The average molecular weight is 407 g/mol. The summed E-state index contributed by atoms with van der Waals surface area (Å²) in [7, 11) is 0. The van der Waals surface area contributed by atoms with Gasteiger partial charge in [0.05, 0.1) is 17.1 Å². The number of aryl methyl sites for hydroxylation is 1. The molecule has 1 heterocycles. The normalized spacial score (nSPS) is 19.2. The van der Waals surface area contributed by atoms with Gasteiger partial charge >= 0.3 is 6.18 Å². The number of nitro benzene ring substituents is 1. The molecule has 1 amide bonds. The van der Waals surface area contributed by atoms with Gasteiger partial charge in [-0.1, -0.05) is 42.5 Å². The summed E-state index contributed by atoms with van der Waals surface area (Å²) in [5.74, 6) is -1.01. The molecule has 0 saturated heterocycles. The van der Waals surface area contributed by atoms with Crippen LogP contribution < -0.4 is 0 Å². The Labute approximate surface area is 163 Å². The third kappa shape index (κ3) is 4.11. The third-order valence-electron chi connectivity index (χ3n) is 4.54. The van der Waals surface area contributed by atoms with E-state index in [0.717, 1.165) is 11.6 Å². The van der Waals surface area contributed by atoms with Crippen LogP contribution in [-0.2, 0) is 11.2 Å². The van der Waals surface area contributed by atoms with Gasteiger partial charge in [0.2, 0.25) is 5.91 Å². The molecule has 10 heteroatoms. The Hall–Kier alpha value is -3.27. The number of nitro groups is 1. The van der Waals surface area contributed by atoms with Gasteiger partial charge in [-0.25, -0.2) is 0 Å². The number of hydrogen-bond acceptors (Lipinski definition) is 5. The van der Waals surface area contributed by atoms with Crippen LogP contribution in [-0.4, -0.2) is 38.6 Å². The fourth-order valence-corrected chi connectivity index (χ4v) is 2.99. The van der Waals surface area contributed by atoms with Crippen LogP contribution in [0.1, 0.15) is 24.0 Å². The van der Waals surface area contributed by atoms with Crippen LogP contribution in [0.2, 0.25) is 0 Å². The van der Waals surface area contributed by atoms with Crippen molar-refractivity contribution >= 4 is 17.3 Å². The quantitative estimate of drug-likeness (QED) is 0.607. The van der Waals surface area contributed by atoms with E-state index in [1.54, 1.807) is 30.3 Å². The van der Waals surface area contributed by atoms with Crippen molar-refractivity contribution in [3.8, 4) is 0 Å². The van der Waals surface area contributed by atoms with Gasteiger partial charge in [-0.3, -0.25) is 14.9 Å². The van der Waals surface area contributed by atoms with Crippen molar-refractivity contribution in [2.24, 2.45) is 5.10 Å². The molecule has 0 radical (unpaired) electrons. The molecule has 0 bridgehead atoms. The van der Waals surface area contributed by atoms with Crippen LogP contribution in [0.5, 0.6) is 0 Å². The maximum absolute atomic E-state index is 13.6. The van der Waals surface area contributed by atoms with E-state index in [1.165, 1.54) is 18.2 Å². The van der Waals surface area contributed by atoms with Gasteiger partial charge in [0.25, 0.3) is 11.4 Å². The van der Waals surface area contributed by atoms with Crippen molar-refractivity contribution in [1.29, 1.82) is 0 Å². The lowest BCUT2D eigenvalue weighted by molar-refractivity contribution is -0.384. The summed E-state index contributed by atoms with van der Waals surface area (Å²) in [5.41, 5.74) is -3.34. The Bertz CT molecular complexity index is 963. The Kier molecular flexibility index (Phi) is 5.38. The molecule has 2 aromatic carbocycles. The lowest BCUT2D eigenvalue weighted by Gasteiger charge is -2.32. The summed E-state index contributed by atoms with van der Waals surface area (Å²) in [5, 5.41) is 25.0. The van der Waals surface area contributed by atoms with E-state index in [9.17, 15) is 33.2 Å². The molecule has 1 aliphatic rings. The number of hydrazone groups is 1. The first-order valence-electron chi connectivity index (χ1n) is 8.60. The van der Waals surface area contributed by atoms with Gasteiger partial charge in [-0.15, -0.1) is 0 Å². The largest absolute Gasteiger partial charge is 0.438 e. The molecule has 2 aromatic rings. The highest BCUT2D eigenvalue weighted by atomic mass is 19.4. The van der Waals surface area contributed by atoms with Gasteiger partial charge in [0.15, 0.2) is 0 Å². The maximum atomic E-state index is 13.6. The Morgan fingerprint density at radius 1 is 1.21 bits per heavy atom. The van der Waals surface area contributed by atoms with Crippen molar-refractivity contribution in [3.05, 3.63) is 75.8 Å². The van der Waals surface area contributed by atoms with E-state index >= 15 is 0 Å². The highest BCUT2D eigenvalue weighted by Crippen LogP contribution is 2.41. The van der Waals surface area contributed by atoms with E-state index in [4.69, 9.17) is 0 Å². The number of aliphatic hydroxyl groups is 1. The van der Waals surface area contributed by atoms with Gasteiger partial charge < -0.3 is 5.11 Å². The molecule has 29 heavy (non-hydrogen) atoms. The predicted octanol–water partition coefficient (Wildman–Crippen LogP) is 3.41. The molecule has 1 N–H and O–H groups in total. The van der Waals surface area contributed by atoms with E-state index in [2.05, 4.69) is 5.10 Å². The smallest absolute Gasteiger partial charge is 0.362 e. The number of benzene rings is 2. The van der Waals surface area contributed by atoms with Crippen LogP contribution in [0.4, 0.5) is 18.9 Å². The topological polar surface area (TPSA) is 96.0 Å². The van der Waals surface area contributed by atoms with E-state index in [0.29, 0.717) is 0 Å². The zero-order valence-electron chi connectivity index (χ0n) is 15.0. The van der Waals surface area contributed by atoms with Crippen molar-refractivity contribution in [2.45, 2.75) is 31.2 Å². The summed E-state index contributed by atoms with van der Waals surface area (Å²) >= 11 is 0. The molecule has 7 nitrogen and oxygen atoms in total. The summed E-state index contributed by atoms with van der Waals surface area (Å²) in [6.45, 7) is 0. The molecule has 0 spiro atoms. The molecule has 1 aliphatic heterocycles. The van der Waals surface area contributed by atoms with Crippen LogP contribution in [0.3, 0.4) is 0 Å². The number of hydrogen-bond donors (Lipinski definition) is 1. The molecule has 0 aliphatic carbocycles. The summed E-state index contributed by atoms with van der Waals surface area (Å²) < 4.78 is 40.8. The van der Waals surface area contributed by atoms with E-state index in [1.807, 2.05) is 0 Å². The van der Waals surface area contributed by atoms with Crippen molar-refractivity contribution in [1.82, 2.24) is 5.01 Å². The lowest BCUT2D eigenvalue weighted by Crippen LogP contribution is -2.56. The van der Waals surface area contributed by atoms with Gasteiger partial charge in [-0.05, 0) is 12.0 Å². The highest BCUT2D eigenvalue weighted by molar-refractivity contribution is 6.04. The number of rotatable bonds is 5. The van der Waals surface area contributed by atoms with Crippen molar-refractivity contribution in [2.75, 3.05) is 0 Å². The second kappa shape index (κ2) is 7.63. The molecular weight excluding hydrogens is 391 g/mol. The fraction of sp³-hybridized carbons (Fsp3) is 0.263. The van der Waals surface area contributed by atoms with Crippen molar-refractivity contribution < 1.29 is 28.0 Å². The van der Waals surface area contributed by atoms with Crippen LogP contribution in [0, 0.1) is 10.1 Å². The Morgan fingerprint density at radius 3 is 2.52 bits per heavy atom. The lowest BCUT2D eigenvalue weighted by atomic mass is 10.00. The molecule has 0 aromatic heterocycles. The molecule has 3 rings (SSSR count). The van der Waals surface area contributed by atoms with Crippen molar-refractivity contribution in [3.63, 3.8) is 0 Å². The number of non-ortho nitro benzene ring substituents is 1. The molecular formula is C19H16F3N3O4. The van der Waals surface area contributed by atoms with Gasteiger partial charge in [-0.2, -0.15) is 23.3 Å². The summed E-state index contributed by atoms with van der Waals surface area (Å²) in [4.78, 5) is 22.7. The number of carbonyl (C=O) groups excluding carboxylic acids is 1. The predicted molar refractivity (Wildman–Crippen MR) is 96.9 cm³/mol. The summed E-state index contributed by atoms with van der Waals surface area (Å²) in [6.07, 6.45) is -6.31. The standard InChI is InChI=1S/C19H16F3N3O4/c20-19(21,22)18(27)12-16(14-7-4-8-15(11-14)25(28)29)23-24(18)17(26)10-9-13-5-2-1-3-6-13/h1-8,11,27H,9-10,12H2/t18-/m0/s1. The molecule has 1 atom stereocenters. The minimum absolute atomic E-state index is 0.0280. The number of halogens is 3. The average Bonchev–Trinajstić information content (AvgIpc) is 3.06. The molecule has 152 valence electrons. The monoisotopic (exact) mass is 407 g/mol. The SMILES string of the molecule is O=C(CCc1ccccc1)N1N=C(c2cccc([N+](=O)[O-])c2)C[C@]1(O)C(F)(F)F. The first-order valence-corrected chi connectivity index (χ1v) is 8.60. The Morgan fingerprint density at radius 2 is 1.90 bits per heavy atom. The number of alkyl halides is 3. The minimum Gasteiger partial charge on any atom is -0.362 e. The zero-order valence-corrected chi connectivity index (χ0v) is 15.0. The van der Waals surface area contributed by atoms with Crippen LogP contribution in [0.25, 0.3) is 0 Å². The zero-order chi connectivity index (χ0) is 21.2. The minimum atomic E-state index is -5.17. The first-order chi connectivity index (χ1) is 13.6. The van der Waals surface area contributed by atoms with E-state index in [-0.39, 0.29) is 34.8 Å². The molecule has 0 fully saturated rings. The first kappa shape index (κ1) is 20.5. The second-order valence-electron chi connectivity index (χ2n) is 6.54. The molecule has 0 unspecified atom stereocenters. The second-order valence-corrected chi connectivity index (χ2v) is 6.54. The Balaban J connectivity index is 1.89. The number of carbonyl (C=O) groups is 1. The van der Waals surface area contributed by atoms with Crippen LogP contribution in [0.15, 0.2) is 59.7 Å². The van der Waals surface area contributed by atoms with Gasteiger partial charge in [0, 0.05) is 24.1 Å². The fourth-order valence-electron chi connectivity index (χ4n) is 2.99. The number of nitrogens with zero attached hydrogens (tertiary/aromatic N) is 3. The molecule has 0 saturated carbocycles. The summed E-state index contributed by atoms with van der Waals surface area (Å²) in [6, 6.07) is 13.6. The van der Waals surface area contributed by atoms with E-state index < -0.39 is 29.2 Å². The third-order valence-corrected chi connectivity index (χ3v) is 4.54. The number of amides is 1. The highest BCUT2D eigenvalue weighted by Gasteiger charge is 2.63. The van der Waals surface area contributed by atoms with Crippen LogP contribution >= 0.6 is 0 Å². The maximum Gasteiger partial charge on any atom is 0.438 e. The van der Waals surface area contributed by atoms with Gasteiger partial charge in [0.1, 0.15) is 0 Å².